The summed E-state index contributed by atoms with van der Waals surface area (Å²) < 4.78 is 0. The van der Waals surface area contributed by atoms with Crippen LogP contribution in [0.3, 0.4) is 0 Å². The fourth-order valence-corrected chi connectivity index (χ4v) is 2.89. The maximum Gasteiger partial charge on any atom is 0.150 e. The van der Waals surface area contributed by atoms with Crippen LogP contribution in [0.25, 0.3) is 0 Å². The van der Waals surface area contributed by atoms with Gasteiger partial charge < -0.3 is 0 Å². The van der Waals surface area contributed by atoms with Crippen LogP contribution in [0.1, 0.15) is 27.0 Å². The lowest BCUT2D eigenvalue weighted by Gasteiger charge is -2.08. The Bertz CT molecular complexity index is 588. The average Bonchev–Trinajstić information content (AvgIpc) is 2.34. The van der Waals surface area contributed by atoms with Crippen LogP contribution in [0.5, 0.6) is 0 Å². The number of carbonyl (C=O) groups excluding carboxylic acids is 1. The molecule has 0 amide bonds. The molecule has 0 saturated carbocycles. The molecule has 0 spiro atoms. The Hall–Kier alpha value is -1.54. The summed E-state index contributed by atoms with van der Waals surface area (Å²) >= 11 is 1.75. The summed E-state index contributed by atoms with van der Waals surface area (Å²) in [7, 11) is 0. The molecule has 0 aliphatic heterocycles. The number of hydrogen-bond donors (Lipinski definition) is 0. The normalized spacial score (nSPS) is 10.4. The lowest BCUT2D eigenvalue weighted by atomic mass is 10.1. The summed E-state index contributed by atoms with van der Waals surface area (Å²) in [5.41, 5.74) is 4.34. The predicted octanol–water partition coefficient (Wildman–Crippen LogP) is 4.58. The highest BCUT2D eigenvalue weighted by molar-refractivity contribution is 7.99. The standard InChI is InChI=1S/C16H16OS/c1-11-4-5-12(2)16(8-11)18-15-7-6-14(10-17)13(3)9-15/h4-10H,1-3H3. The summed E-state index contributed by atoms with van der Waals surface area (Å²) in [6.45, 7) is 6.19. The van der Waals surface area contributed by atoms with E-state index in [2.05, 4.69) is 38.1 Å². The smallest absolute Gasteiger partial charge is 0.150 e. The van der Waals surface area contributed by atoms with Crippen molar-refractivity contribution in [2.45, 2.75) is 30.6 Å². The molecular weight excluding hydrogens is 240 g/mol. The van der Waals surface area contributed by atoms with Crippen LogP contribution >= 0.6 is 11.8 Å². The molecule has 0 heterocycles. The van der Waals surface area contributed by atoms with E-state index in [0.717, 1.165) is 17.4 Å². The molecular formula is C16H16OS. The molecule has 0 aliphatic rings. The highest BCUT2D eigenvalue weighted by Crippen LogP contribution is 2.31. The third kappa shape index (κ3) is 2.82. The van der Waals surface area contributed by atoms with Gasteiger partial charge in [0.25, 0.3) is 0 Å². The molecule has 0 N–H and O–H groups in total. The van der Waals surface area contributed by atoms with Crippen molar-refractivity contribution in [3.8, 4) is 0 Å². The van der Waals surface area contributed by atoms with Crippen LogP contribution in [0.15, 0.2) is 46.2 Å². The minimum absolute atomic E-state index is 0.764. The molecule has 0 unspecified atom stereocenters. The van der Waals surface area contributed by atoms with Gasteiger partial charge in [0.1, 0.15) is 6.29 Å². The van der Waals surface area contributed by atoms with Crippen LogP contribution in [0.4, 0.5) is 0 Å². The van der Waals surface area contributed by atoms with Gasteiger partial charge >= 0.3 is 0 Å². The zero-order valence-electron chi connectivity index (χ0n) is 10.9. The van der Waals surface area contributed by atoms with Crippen LogP contribution in [0, 0.1) is 20.8 Å². The Balaban J connectivity index is 2.31. The SMILES string of the molecule is Cc1ccc(C)c(Sc2ccc(C=O)c(C)c2)c1. The fraction of sp³-hybridized carbons (Fsp3) is 0.188. The van der Waals surface area contributed by atoms with E-state index in [0.29, 0.717) is 0 Å². The van der Waals surface area contributed by atoms with Crippen molar-refractivity contribution in [1.29, 1.82) is 0 Å². The highest BCUT2D eigenvalue weighted by atomic mass is 32.2. The van der Waals surface area contributed by atoms with Gasteiger partial charge in [-0.15, -0.1) is 0 Å². The van der Waals surface area contributed by atoms with Crippen LogP contribution in [0.2, 0.25) is 0 Å². The molecule has 0 aromatic heterocycles. The van der Waals surface area contributed by atoms with E-state index in [1.54, 1.807) is 11.8 Å². The molecule has 2 aromatic carbocycles. The molecule has 0 radical (unpaired) electrons. The third-order valence-electron chi connectivity index (χ3n) is 2.94. The van der Waals surface area contributed by atoms with Gasteiger partial charge in [0.15, 0.2) is 0 Å². The van der Waals surface area contributed by atoms with E-state index in [1.807, 2.05) is 19.1 Å². The first-order valence-corrected chi connectivity index (χ1v) is 6.73. The molecule has 0 bridgehead atoms. The van der Waals surface area contributed by atoms with E-state index in [1.165, 1.54) is 20.9 Å². The topological polar surface area (TPSA) is 17.1 Å². The molecule has 2 heteroatoms. The Morgan fingerprint density at radius 2 is 1.72 bits per heavy atom. The maximum absolute atomic E-state index is 10.8. The summed E-state index contributed by atoms with van der Waals surface area (Å²) in [6, 6.07) is 12.4. The zero-order valence-corrected chi connectivity index (χ0v) is 11.7. The molecule has 0 fully saturated rings. The van der Waals surface area contributed by atoms with Gasteiger partial charge in [-0.2, -0.15) is 0 Å². The van der Waals surface area contributed by atoms with E-state index in [-0.39, 0.29) is 0 Å². The Morgan fingerprint density at radius 3 is 2.39 bits per heavy atom. The molecule has 0 saturated heterocycles. The van der Waals surface area contributed by atoms with Crippen molar-refractivity contribution in [2.75, 3.05) is 0 Å². The van der Waals surface area contributed by atoms with Gasteiger partial charge in [-0.3, -0.25) is 4.79 Å². The average molecular weight is 256 g/mol. The van der Waals surface area contributed by atoms with E-state index < -0.39 is 0 Å². The molecule has 1 nitrogen and oxygen atoms in total. The molecule has 2 aromatic rings. The second-order valence-electron chi connectivity index (χ2n) is 4.51. The minimum Gasteiger partial charge on any atom is -0.298 e. The largest absolute Gasteiger partial charge is 0.298 e. The van der Waals surface area contributed by atoms with Crippen molar-refractivity contribution in [2.24, 2.45) is 0 Å². The predicted molar refractivity (Wildman–Crippen MR) is 76.6 cm³/mol. The second kappa shape index (κ2) is 5.40. The molecule has 0 atom stereocenters. The van der Waals surface area contributed by atoms with E-state index >= 15 is 0 Å². The first kappa shape index (κ1) is 12.9. The van der Waals surface area contributed by atoms with Crippen LogP contribution < -0.4 is 0 Å². The van der Waals surface area contributed by atoms with Crippen molar-refractivity contribution < 1.29 is 4.79 Å². The quantitative estimate of drug-likeness (QED) is 0.748. The monoisotopic (exact) mass is 256 g/mol. The van der Waals surface area contributed by atoms with Gasteiger partial charge in [0, 0.05) is 15.4 Å². The van der Waals surface area contributed by atoms with Crippen molar-refractivity contribution in [3.05, 3.63) is 58.7 Å². The van der Waals surface area contributed by atoms with Crippen LogP contribution in [-0.2, 0) is 0 Å². The third-order valence-corrected chi connectivity index (χ3v) is 4.09. The fourth-order valence-electron chi connectivity index (χ4n) is 1.79. The van der Waals surface area contributed by atoms with Gasteiger partial charge in [0.05, 0.1) is 0 Å². The van der Waals surface area contributed by atoms with Crippen molar-refractivity contribution in [3.63, 3.8) is 0 Å². The van der Waals surface area contributed by atoms with Crippen molar-refractivity contribution in [1.82, 2.24) is 0 Å². The Kier molecular flexibility index (Phi) is 3.87. The number of aryl methyl sites for hydroxylation is 3. The number of hydrogen-bond acceptors (Lipinski definition) is 2. The summed E-state index contributed by atoms with van der Waals surface area (Å²) in [6.07, 6.45) is 0.904. The zero-order chi connectivity index (χ0) is 13.1. The first-order valence-electron chi connectivity index (χ1n) is 5.91. The van der Waals surface area contributed by atoms with Crippen molar-refractivity contribution >= 4 is 18.0 Å². The molecule has 18 heavy (non-hydrogen) atoms. The van der Waals surface area contributed by atoms with Gasteiger partial charge in [-0.25, -0.2) is 0 Å². The van der Waals surface area contributed by atoms with Gasteiger partial charge in [0.2, 0.25) is 0 Å². The van der Waals surface area contributed by atoms with Crippen LogP contribution in [-0.4, -0.2) is 6.29 Å². The first-order chi connectivity index (χ1) is 8.60. The number of benzene rings is 2. The van der Waals surface area contributed by atoms with Gasteiger partial charge in [-0.05, 0) is 55.7 Å². The molecule has 0 aliphatic carbocycles. The summed E-state index contributed by atoms with van der Waals surface area (Å²) in [5, 5.41) is 0. The lowest BCUT2D eigenvalue weighted by Crippen LogP contribution is -1.87. The highest BCUT2D eigenvalue weighted by Gasteiger charge is 2.04. The Labute approximate surface area is 112 Å². The molecule has 2 rings (SSSR count). The lowest BCUT2D eigenvalue weighted by molar-refractivity contribution is 0.112. The summed E-state index contributed by atoms with van der Waals surface area (Å²) in [5.74, 6) is 0. The van der Waals surface area contributed by atoms with E-state index in [4.69, 9.17) is 0 Å². The van der Waals surface area contributed by atoms with Gasteiger partial charge in [-0.1, -0.05) is 30.0 Å². The van der Waals surface area contributed by atoms with E-state index in [9.17, 15) is 4.79 Å². The molecule has 92 valence electrons. The number of rotatable bonds is 3. The maximum atomic E-state index is 10.8. The Morgan fingerprint density at radius 1 is 0.944 bits per heavy atom. The minimum atomic E-state index is 0.764. The summed E-state index contributed by atoms with van der Waals surface area (Å²) in [4.78, 5) is 13.2. The number of aldehydes is 1. The second-order valence-corrected chi connectivity index (χ2v) is 5.62. The number of carbonyl (C=O) groups is 1.